The van der Waals surface area contributed by atoms with E-state index in [1.54, 1.807) is 4.90 Å². The number of benzene rings is 2. The Morgan fingerprint density at radius 3 is 2.17 bits per heavy atom. The predicted octanol–water partition coefficient (Wildman–Crippen LogP) is 4.14. The summed E-state index contributed by atoms with van der Waals surface area (Å²) in [5.41, 5.74) is -0.749. The molecule has 1 fully saturated rings. The third kappa shape index (κ3) is 4.88. The molecule has 158 valence electrons. The molecule has 0 radical (unpaired) electrons. The molecule has 0 aliphatic carbocycles. The van der Waals surface area contributed by atoms with Crippen LogP contribution >= 0.6 is 11.6 Å². The Labute approximate surface area is 169 Å². The smallest absolute Gasteiger partial charge is 0.296 e. The van der Waals surface area contributed by atoms with E-state index in [0.29, 0.717) is 12.1 Å². The van der Waals surface area contributed by atoms with E-state index in [1.807, 2.05) is 0 Å². The van der Waals surface area contributed by atoms with Gasteiger partial charge in [-0.2, -0.15) is 17.5 Å². The Morgan fingerprint density at radius 1 is 0.966 bits per heavy atom. The summed E-state index contributed by atoms with van der Waals surface area (Å²) >= 11 is 5.82. The highest BCUT2D eigenvalue weighted by Crippen LogP contribution is 2.34. The molecule has 4 nitrogen and oxygen atoms in total. The number of hydrogen-bond acceptors (Lipinski definition) is 3. The summed E-state index contributed by atoms with van der Waals surface area (Å²) in [7, 11) is -4.08. The van der Waals surface area contributed by atoms with Crippen molar-refractivity contribution >= 4 is 21.6 Å². The SMILES string of the molecule is O=S(=O)(c1ccc(C(F)(F)F)cc1Cl)N1CCN(Cc2ccc(F)cc2F)CC1. The van der Waals surface area contributed by atoms with Gasteiger partial charge in [-0.15, -0.1) is 0 Å². The van der Waals surface area contributed by atoms with Gasteiger partial charge in [-0.3, -0.25) is 4.90 Å². The topological polar surface area (TPSA) is 40.6 Å². The molecule has 0 spiro atoms. The Bertz CT molecular complexity index is 1010. The van der Waals surface area contributed by atoms with E-state index in [0.717, 1.165) is 22.5 Å². The van der Waals surface area contributed by atoms with Crippen LogP contribution in [0.1, 0.15) is 11.1 Å². The molecule has 0 aromatic heterocycles. The molecule has 0 unspecified atom stereocenters. The Kier molecular flexibility index (Phi) is 6.19. The summed E-state index contributed by atoms with van der Waals surface area (Å²) in [4.78, 5) is 1.40. The molecule has 0 saturated carbocycles. The van der Waals surface area contributed by atoms with Crippen molar-refractivity contribution in [2.24, 2.45) is 0 Å². The van der Waals surface area contributed by atoms with Crippen LogP contribution in [-0.4, -0.2) is 43.8 Å². The lowest BCUT2D eigenvalue weighted by molar-refractivity contribution is -0.137. The third-order valence-electron chi connectivity index (χ3n) is 4.62. The summed E-state index contributed by atoms with van der Waals surface area (Å²) in [6, 6.07) is 5.36. The minimum absolute atomic E-state index is 0.0580. The Hall–Kier alpha value is -1.75. The molecule has 2 aromatic carbocycles. The highest BCUT2D eigenvalue weighted by Gasteiger charge is 2.34. The van der Waals surface area contributed by atoms with Gasteiger partial charge in [-0.25, -0.2) is 17.2 Å². The fraction of sp³-hybridized carbons (Fsp3) is 0.333. The van der Waals surface area contributed by atoms with E-state index in [1.165, 1.54) is 6.07 Å². The number of sulfonamides is 1. The molecule has 0 bridgehead atoms. The van der Waals surface area contributed by atoms with Crippen LogP contribution in [0.4, 0.5) is 22.0 Å². The molecule has 11 heteroatoms. The van der Waals surface area contributed by atoms with Crippen molar-refractivity contribution in [1.29, 1.82) is 0 Å². The molecule has 0 N–H and O–H groups in total. The number of piperazine rings is 1. The average molecular weight is 455 g/mol. The standard InChI is InChI=1S/C18H16ClF5N2O2S/c19-15-9-13(18(22,23)24)2-4-17(15)29(27,28)26-7-5-25(6-8-26)11-12-1-3-14(20)10-16(12)21/h1-4,9-10H,5-8,11H2. The van der Waals surface area contributed by atoms with E-state index in [9.17, 15) is 30.4 Å². The first-order chi connectivity index (χ1) is 13.5. The molecular formula is C18H16ClF5N2O2S. The largest absolute Gasteiger partial charge is 0.416 e. The summed E-state index contributed by atoms with van der Waals surface area (Å²) in [6.07, 6.45) is -4.63. The van der Waals surface area contributed by atoms with Crippen LogP contribution in [-0.2, 0) is 22.7 Å². The van der Waals surface area contributed by atoms with Crippen molar-refractivity contribution in [3.8, 4) is 0 Å². The van der Waals surface area contributed by atoms with Gasteiger partial charge < -0.3 is 0 Å². The van der Waals surface area contributed by atoms with E-state index < -0.39 is 43.3 Å². The van der Waals surface area contributed by atoms with E-state index in [4.69, 9.17) is 11.6 Å². The van der Waals surface area contributed by atoms with Crippen molar-refractivity contribution in [3.05, 3.63) is 64.2 Å². The third-order valence-corrected chi connectivity index (χ3v) is 7.00. The number of rotatable bonds is 4. The first-order valence-electron chi connectivity index (χ1n) is 8.51. The normalized spacial score (nSPS) is 16.9. The molecule has 0 amide bonds. The van der Waals surface area contributed by atoms with Crippen LogP contribution in [0.3, 0.4) is 0 Å². The quantitative estimate of drug-likeness (QED) is 0.652. The Balaban J connectivity index is 1.70. The predicted molar refractivity (Wildman–Crippen MR) is 96.8 cm³/mol. The maximum Gasteiger partial charge on any atom is 0.416 e. The molecule has 3 rings (SSSR count). The Morgan fingerprint density at radius 2 is 1.62 bits per heavy atom. The summed E-state index contributed by atoms with van der Waals surface area (Å²) in [6.45, 7) is 0.842. The fourth-order valence-electron chi connectivity index (χ4n) is 3.04. The maximum atomic E-state index is 13.8. The van der Waals surface area contributed by atoms with Gasteiger partial charge in [-0.05, 0) is 24.3 Å². The maximum absolute atomic E-state index is 13.8. The molecule has 29 heavy (non-hydrogen) atoms. The van der Waals surface area contributed by atoms with Crippen molar-refractivity contribution < 1.29 is 30.4 Å². The minimum atomic E-state index is -4.63. The number of alkyl halides is 3. The molecule has 2 aromatic rings. The number of hydrogen-bond donors (Lipinski definition) is 0. The zero-order chi connectivity index (χ0) is 21.4. The monoisotopic (exact) mass is 454 g/mol. The van der Waals surface area contributed by atoms with Crippen LogP contribution in [0.15, 0.2) is 41.3 Å². The highest BCUT2D eigenvalue weighted by atomic mass is 35.5. The van der Waals surface area contributed by atoms with Gasteiger partial charge in [0, 0.05) is 44.4 Å². The van der Waals surface area contributed by atoms with E-state index in [-0.39, 0.29) is 38.3 Å². The minimum Gasteiger partial charge on any atom is -0.296 e. The lowest BCUT2D eigenvalue weighted by Crippen LogP contribution is -2.48. The second-order valence-corrected chi connectivity index (χ2v) is 8.87. The van der Waals surface area contributed by atoms with Crippen molar-refractivity contribution in [1.82, 2.24) is 9.21 Å². The second kappa shape index (κ2) is 8.17. The van der Waals surface area contributed by atoms with Gasteiger partial charge in [0.15, 0.2) is 0 Å². The van der Waals surface area contributed by atoms with Gasteiger partial charge in [0.05, 0.1) is 10.6 Å². The molecule has 1 saturated heterocycles. The lowest BCUT2D eigenvalue weighted by Gasteiger charge is -2.34. The van der Waals surface area contributed by atoms with Gasteiger partial charge >= 0.3 is 6.18 Å². The fourth-order valence-corrected chi connectivity index (χ4v) is 4.98. The zero-order valence-electron chi connectivity index (χ0n) is 14.9. The number of nitrogens with zero attached hydrogens (tertiary/aromatic N) is 2. The summed E-state index contributed by atoms with van der Waals surface area (Å²) < 4.78 is 91.7. The molecule has 0 atom stereocenters. The molecule has 1 heterocycles. The average Bonchev–Trinajstić information content (AvgIpc) is 2.63. The molecular weight excluding hydrogens is 439 g/mol. The van der Waals surface area contributed by atoms with E-state index in [2.05, 4.69) is 0 Å². The first kappa shape index (κ1) is 21.9. The van der Waals surface area contributed by atoms with Gasteiger partial charge in [0.25, 0.3) is 0 Å². The van der Waals surface area contributed by atoms with E-state index >= 15 is 0 Å². The first-order valence-corrected chi connectivity index (χ1v) is 10.3. The highest BCUT2D eigenvalue weighted by molar-refractivity contribution is 7.89. The second-order valence-electron chi connectivity index (χ2n) is 6.56. The number of halogens is 6. The molecule has 1 aliphatic rings. The van der Waals surface area contributed by atoms with Gasteiger partial charge in [0.1, 0.15) is 16.5 Å². The van der Waals surface area contributed by atoms with Crippen molar-refractivity contribution in [2.75, 3.05) is 26.2 Å². The van der Waals surface area contributed by atoms with Crippen LogP contribution < -0.4 is 0 Å². The van der Waals surface area contributed by atoms with Crippen LogP contribution in [0, 0.1) is 11.6 Å². The zero-order valence-corrected chi connectivity index (χ0v) is 16.5. The van der Waals surface area contributed by atoms with Crippen molar-refractivity contribution in [2.45, 2.75) is 17.6 Å². The van der Waals surface area contributed by atoms with Crippen molar-refractivity contribution in [3.63, 3.8) is 0 Å². The lowest BCUT2D eigenvalue weighted by atomic mass is 10.2. The molecule has 1 aliphatic heterocycles. The summed E-state index contributed by atoms with van der Waals surface area (Å²) in [5.74, 6) is -1.37. The summed E-state index contributed by atoms with van der Waals surface area (Å²) in [5, 5.41) is -0.504. The van der Waals surface area contributed by atoms with Gasteiger partial charge in [0.2, 0.25) is 10.0 Å². The van der Waals surface area contributed by atoms with Crippen LogP contribution in [0.2, 0.25) is 5.02 Å². The van der Waals surface area contributed by atoms with Gasteiger partial charge in [-0.1, -0.05) is 17.7 Å². The van der Waals surface area contributed by atoms with Crippen LogP contribution in [0.25, 0.3) is 0 Å². The van der Waals surface area contributed by atoms with Crippen LogP contribution in [0.5, 0.6) is 0 Å².